The highest BCUT2D eigenvalue weighted by Crippen LogP contribution is 2.18. The predicted molar refractivity (Wildman–Crippen MR) is 90.0 cm³/mol. The molecule has 0 radical (unpaired) electrons. The van der Waals surface area contributed by atoms with Crippen molar-refractivity contribution in [3.8, 4) is 0 Å². The lowest BCUT2D eigenvalue weighted by Crippen LogP contribution is -2.43. The van der Waals surface area contributed by atoms with Crippen LogP contribution in [0.5, 0.6) is 0 Å². The number of likely N-dealkylation sites (N-methyl/N-ethyl adjacent to an activating group) is 1. The molecule has 122 valence electrons. The molecule has 1 fully saturated rings. The fourth-order valence-corrected chi connectivity index (χ4v) is 3.14. The molecule has 0 bridgehead atoms. The number of hydrogen-bond acceptors (Lipinski definition) is 2. The Labute approximate surface area is 140 Å². The molecule has 1 aliphatic rings. The van der Waals surface area contributed by atoms with Crippen molar-refractivity contribution in [3.63, 3.8) is 0 Å². The summed E-state index contributed by atoms with van der Waals surface area (Å²) in [7, 11) is 0. The van der Waals surface area contributed by atoms with E-state index in [0.717, 1.165) is 36.9 Å². The molecule has 3 nitrogen and oxygen atoms in total. The molecule has 0 unspecified atom stereocenters. The Morgan fingerprint density at radius 2 is 2.09 bits per heavy atom. The molecular weight excluding hydrogens is 347 g/mol. The standard InChI is InChI=1S/C17H24BrFN2O/c1-3-20(11-14-10-15(18)4-5-16(14)19)12-17(22)21-8-6-13(2)7-9-21/h4-5,10,13H,3,6-9,11-12H2,1-2H3. The maximum atomic E-state index is 13.9. The molecular formula is C17H24BrFN2O. The van der Waals surface area contributed by atoms with Crippen LogP contribution in [0.2, 0.25) is 0 Å². The Kier molecular flexibility index (Phi) is 6.38. The average molecular weight is 371 g/mol. The monoisotopic (exact) mass is 370 g/mol. The van der Waals surface area contributed by atoms with Gasteiger partial charge in [-0.2, -0.15) is 0 Å². The van der Waals surface area contributed by atoms with Crippen LogP contribution in [0.3, 0.4) is 0 Å². The van der Waals surface area contributed by atoms with Crippen molar-refractivity contribution in [3.05, 3.63) is 34.1 Å². The molecule has 2 rings (SSSR count). The molecule has 1 heterocycles. The summed E-state index contributed by atoms with van der Waals surface area (Å²) in [5, 5.41) is 0. The van der Waals surface area contributed by atoms with Crippen molar-refractivity contribution in [1.82, 2.24) is 9.80 Å². The van der Waals surface area contributed by atoms with Crippen LogP contribution in [-0.4, -0.2) is 41.9 Å². The Bertz CT molecular complexity index is 515. The molecule has 0 N–H and O–H groups in total. The first-order chi connectivity index (χ1) is 10.5. The van der Waals surface area contributed by atoms with Gasteiger partial charge in [0.25, 0.3) is 0 Å². The number of halogens is 2. The first kappa shape index (κ1) is 17.4. The highest BCUT2D eigenvalue weighted by atomic mass is 79.9. The van der Waals surface area contributed by atoms with Gasteiger partial charge in [-0.3, -0.25) is 9.69 Å². The van der Waals surface area contributed by atoms with Gasteiger partial charge in [0, 0.05) is 29.7 Å². The van der Waals surface area contributed by atoms with Crippen LogP contribution < -0.4 is 0 Å². The Balaban J connectivity index is 1.94. The van der Waals surface area contributed by atoms with Crippen molar-refractivity contribution in [1.29, 1.82) is 0 Å². The molecule has 22 heavy (non-hydrogen) atoms. The summed E-state index contributed by atoms with van der Waals surface area (Å²) < 4.78 is 14.7. The molecule has 1 aromatic carbocycles. The average Bonchev–Trinajstić information content (AvgIpc) is 2.50. The molecule has 0 aliphatic carbocycles. The number of likely N-dealkylation sites (tertiary alicyclic amines) is 1. The van der Waals surface area contributed by atoms with Crippen LogP contribution in [0.4, 0.5) is 4.39 Å². The zero-order valence-electron chi connectivity index (χ0n) is 13.3. The molecule has 1 amide bonds. The van der Waals surface area contributed by atoms with Crippen molar-refractivity contribution in [2.45, 2.75) is 33.2 Å². The number of hydrogen-bond donors (Lipinski definition) is 0. The summed E-state index contributed by atoms with van der Waals surface area (Å²) in [6.07, 6.45) is 2.16. The number of carbonyl (C=O) groups is 1. The summed E-state index contributed by atoms with van der Waals surface area (Å²) in [5.41, 5.74) is 0.622. The third-order valence-corrected chi connectivity index (χ3v) is 4.84. The summed E-state index contributed by atoms with van der Waals surface area (Å²) in [5.74, 6) is 0.646. The molecule has 1 aromatic rings. The molecule has 0 spiro atoms. The fraction of sp³-hybridized carbons (Fsp3) is 0.588. The van der Waals surface area contributed by atoms with Crippen LogP contribution in [0.25, 0.3) is 0 Å². The van der Waals surface area contributed by atoms with Crippen molar-refractivity contribution < 1.29 is 9.18 Å². The van der Waals surface area contributed by atoms with E-state index in [-0.39, 0.29) is 11.7 Å². The fourth-order valence-electron chi connectivity index (χ4n) is 2.73. The van der Waals surface area contributed by atoms with Gasteiger partial charge in [0.2, 0.25) is 5.91 Å². The normalized spacial score (nSPS) is 16.3. The third kappa shape index (κ3) is 4.78. The van der Waals surface area contributed by atoms with Gasteiger partial charge in [-0.15, -0.1) is 0 Å². The van der Waals surface area contributed by atoms with Crippen LogP contribution in [-0.2, 0) is 11.3 Å². The van der Waals surface area contributed by atoms with Crippen LogP contribution in [0, 0.1) is 11.7 Å². The zero-order chi connectivity index (χ0) is 16.1. The van der Waals surface area contributed by atoms with Crippen molar-refractivity contribution in [2.75, 3.05) is 26.2 Å². The van der Waals surface area contributed by atoms with Gasteiger partial charge in [0.1, 0.15) is 5.82 Å². The highest BCUT2D eigenvalue weighted by Gasteiger charge is 2.22. The first-order valence-electron chi connectivity index (χ1n) is 7.93. The van der Waals surface area contributed by atoms with E-state index in [1.165, 1.54) is 6.07 Å². The summed E-state index contributed by atoms with van der Waals surface area (Å²) in [4.78, 5) is 16.3. The summed E-state index contributed by atoms with van der Waals surface area (Å²) >= 11 is 3.37. The van der Waals surface area contributed by atoms with Gasteiger partial charge in [-0.05, 0) is 43.5 Å². The zero-order valence-corrected chi connectivity index (χ0v) is 14.9. The number of piperidine rings is 1. The number of benzene rings is 1. The predicted octanol–water partition coefficient (Wildman–Crippen LogP) is 3.67. The third-order valence-electron chi connectivity index (χ3n) is 4.34. The van der Waals surface area contributed by atoms with Crippen molar-refractivity contribution >= 4 is 21.8 Å². The van der Waals surface area contributed by atoms with Gasteiger partial charge >= 0.3 is 0 Å². The van der Waals surface area contributed by atoms with E-state index >= 15 is 0 Å². The number of rotatable bonds is 5. The summed E-state index contributed by atoms with van der Waals surface area (Å²) in [6, 6.07) is 4.93. The van der Waals surface area contributed by atoms with E-state index in [1.807, 2.05) is 16.7 Å². The minimum absolute atomic E-state index is 0.157. The van der Waals surface area contributed by atoms with Gasteiger partial charge in [-0.1, -0.05) is 29.8 Å². The van der Waals surface area contributed by atoms with Crippen LogP contribution in [0.15, 0.2) is 22.7 Å². The summed E-state index contributed by atoms with van der Waals surface area (Å²) in [6.45, 7) is 7.47. The second-order valence-corrected chi connectivity index (χ2v) is 7.02. The largest absolute Gasteiger partial charge is 0.342 e. The number of nitrogens with zero attached hydrogens (tertiary/aromatic N) is 2. The Morgan fingerprint density at radius 3 is 2.73 bits per heavy atom. The lowest BCUT2D eigenvalue weighted by atomic mass is 9.99. The van der Waals surface area contributed by atoms with E-state index in [4.69, 9.17) is 0 Å². The molecule has 0 saturated carbocycles. The van der Waals surface area contributed by atoms with Gasteiger partial charge in [0.05, 0.1) is 6.54 Å². The highest BCUT2D eigenvalue weighted by molar-refractivity contribution is 9.10. The van der Waals surface area contributed by atoms with E-state index in [0.29, 0.717) is 24.6 Å². The Morgan fingerprint density at radius 1 is 1.41 bits per heavy atom. The SMILES string of the molecule is CCN(CC(=O)N1CCC(C)CC1)Cc1cc(Br)ccc1F. The van der Waals surface area contributed by atoms with Crippen LogP contribution in [0.1, 0.15) is 32.3 Å². The van der Waals surface area contributed by atoms with Crippen LogP contribution >= 0.6 is 15.9 Å². The molecule has 0 aromatic heterocycles. The maximum absolute atomic E-state index is 13.9. The maximum Gasteiger partial charge on any atom is 0.236 e. The number of carbonyl (C=O) groups excluding carboxylic acids is 1. The second kappa shape index (κ2) is 8.06. The minimum Gasteiger partial charge on any atom is -0.342 e. The molecule has 0 atom stereocenters. The van der Waals surface area contributed by atoms with Gasteiger partial charge < -0.3 is 4.90 Å². The van der Waals surface area contributed by atoms with Crippen molar-refractivity contribution in [2.24, 2.45) is 5.92 Å². The smallest absolute Gasteiger partial charge is 0.236 e. The quantitative estimate of drug-likeness (QED) is 0.789. The van der Waals surface area contributed by atoms with Gasteiger partial charge in [-0.25, -0.2) is 4.39 Å². The van der Waals surface area contributed by atoms with E-state index < -0.39 is 0 Å². The lowest BCUT2D eigenvalue weighted by Gasteiger charge is -2.32. The number of amides is 1. The molecule has 1 aliphatic heterocycles. The van der Waals surface area contributed by atoms with E-state index in [9.17, 15) is 9.18 Å². The lowest BCUT2D eigenvalue weighted by molar-refractivity contribution is -0.133. The minimum atomic E-state index is -0.221. The molecule has 1 saturated heterocycles. The van der Waals surface area contributed by atoms with Gasteiger partial charge in [0.15, 0.2) is 0 Å². The Hall–Kier alpha value is -0.940. The van der Waals surface area contributed by atoms with E-state index in [2.05, 4.69) is 22.9 Å². The second-order valence-electron chi connectivity index (χ2n) is 6.10. The molecule has 5 heteroatoms. The van der Waals surface area contributed by atoms with E-state index in [1.54, 1.807) is 12.1 Å². The topological polar surface area (TPSA) is 23.6 Å². The first-order valence-corrected chi connectivity index (χ1v) is 8.73.